The van der Waals surface area contributed by atoms with Crippen molar-refractivity contribution in [2.45, 2.75) is 77.7 Å². The number of benzene rings is 1. The van der Waals surface area contributed by atoms with Gasteiger partial charge in [0, 0.05) is 69.3 Å². The Balaban J connectivity index is 1.34. The summed E-state index contributed by atoms with van der Waals surface area (Å²) < 4.78 is 7.91. The molecule has 2 aliphatic rings. The fourth-order valence-electron chi connectivity index (χ4n) is 6.03. The highest BCUT2D eigenvalue weighted by Crippen LogP contribution is 2.37. The van der Waals surface area contributed by atoms with Crippen molar-refractivity contribution >= 4 is 23.7 Å². The van der Waals surface area contributed by atoms with Crippen molar-refractivity contribution in [1.82, 2.24) is 14.8 Å². The Kier molecular flexibility index (Phi) is 10.0. The molecule has 2 N–H and O–H groups in total. The molecule has 4 rings (SSSR count). The van der Waals surface area contributed by atoms with E-state index in [2.05, 4.69) is 39.2 Å². The molecule has 1 aliphatic carbocycles. The first-order valence-electron chi connectivity index (χ1n) is 14.3. The molecule has 2 aromatic rings. The molecule has 1 unspecified atom stereocenters. The molecule has 7 nitrogen and oxygen atoms in total. The fourth-order valence-corrected chi connectivity index (χ4v) is 6.03. The molecular formula is C31H44N4O3. The maximum atomic E-state index is 13.2. The molecule has 1 aromatic heterocycles. The van der Waals surface area contributed by atoms with Gasteiger partial charge >= 0.3 is 6.03 Å². The molecule has 1 aromatic carbocycles. The zero-order valence-electron chi connectivity index (χ0n) is 23.4. The van der Waals surface area contributed by atoms with Gasteiger partial charge in [-0.15, -0.1) is 0 Å². The number of aromatic nitrogens is 1. The number of piperidine rings is 1. The monoisotopic (exact) mass is 520 g/mol. The highest BCUT2D eigenvalue weighted by Gasteiger charge is 2.30. The number of likely N-dealkylation sites (tertiary alicyclic amines) is 1. The Hall–Kier alpha value is -3.06. The number of amides is 3. The van der Waals surface area contributed by atoms with Crippen LogP contribution >= 0.6 is 0 Å². The van der Waals surface area contributed by atoms with Gasteiger partial charge < -0.3 is 24.8 Å². The van der Waals surface area contributed by atoms with Gasteiger partial charge in [0.15, 0.2) is 0 Å². The number of urea groups is 1. The van der Waals surface area contributed by atoms with Gasteiger partial charge in [-0.3, -0.25) is 4.79 Å². The van der Waals surface area contributed by atoms with Crippen LogP contribution in [0.5, 0.6) is 0 Å². The molecule has 0 radical (unpaired) electrons. The van der Waals surface area contributed by atoms with Gasteiger partial charge in [0.05, 0.1) is 0 Å². The number of hydrogen-bond acceptors (Lipinski definition) is 3. The molecule has 206 valence electrons. The van der Waals surface area contributed by atoms with Crippen LogP contribution in [0.25, 0.3) is 6.08 Å². The van der Waals surface area contributed by atoms with E-state index in [0.717, 1.165) is 76.9 Å². The Labute approximate surface area is 227 Å². The molecule has 7 heteroatoms. The first-order valence-corrected chi connectivity index (χ1v) is 14.3. The SMILES string of the molecule is CCNC(=O)Nc1ccc(CCCC(=O)N2CCCC(c3c(C)c4c(n3CCCOC)CCC=C4)C2)cc1. The molecule has 0 bridgehead atoms. The van der Waals surface area contributed by atoms with E-state index in [-0.39, 0.29) is 11.9 Å². The number of allylic oxidation sites excluding steroid dienone is 1. The van der Waals surface area contributed by atoms with E-state index >= 15 is 0 Å². The Morgan fingerprint density at radius 3 is 2.74 bits per heavy atom. The van der Waals surface area contributed by atoms with Gasteiger partial charge in [-0.2, -0.15) is 0 Å². The summed E-state index contributed by atoms with van der Waals surface area (Å²) in [5, 5.41) is 5.55. The number of carbonyl (C=O) groups excluding carboxylic acids is 2. The van der Waals surface area contributed by atoms with Gasteiger partial charge in [0.2, 0.25) is 5.91 Å². The Bertz CT molecular complexity index is 1120. The van der Waals surface area contributed by atoms with Crippen molar-refractivity contribution < 1.29 is 14.3 Å². The van der Waals surface area contributed by atoms with Crippen LogP contribution in [0, 0.1) is 6.92 Å². The number of ether oxygens (including phenoxy) is 1. The molecule has 1 saturated heterocycles. The highest BCUT2D eigenvalue weighted by molar-refractivity contribution is 5.89. The van der Waals surface area contributed by atoms with E-state index in [1.54, 1.807) is 7.11 Å². The summed E-state index contributed by atoms with van der Waals surface area (Å²) in [6.45, 7) is 8.18. The fraction of sp³-hybridized carbons (Fsp3) is 0.548. The number of anilines is 1. The molecule has 1 aliphatic heterocycles. The van der Waals surface area contributed by atoms with Gasteiger partial charge in [-0.05, 0) is 87.6 Å². The lowest BCUT2D eigenvalue weighted by Gasteiger charge is -2.34. The number of fused-ring (bicyclic) bond motifs is 1. The third-order valence-corrected chi connectivity index (χ3v) is 7.84. The van der Waals surface area contributed by atoms with Crippen LogP contribution in [-0.4, -0.2) is 54.8 Å². The first kappa shape index (κ1) is 28.0. The minimum absolute atomic E-state index is 0.195. The lowest BCUT2D eigenvalue weighted by atomic mass is 9.91. The Morgan fingerprint density at radius 1 is 1.16 bits per heavy atom. The first-order chi connectivity index (χ1) is 18.5. The van der Waals surface area contributed by atoms with Crippen molar-refractivity contribution in [3.05, 3.63) is 58.4 Å². The lowest BCUT2D eigenvalue weighted by Crippen LogP contribution is -2.39. The van der Waals surface area contributed by atoms with Crippen LogP contribution in [-0.2, 0) is 28.9 Å². The Morgan fingerprint density at radius 2 is 1.97 bits per heavy atom. The summed E-state index contributed by atoms with van der Waals surface area (Å²) in [5.74, 6) is 0.656. The summed E-state index contributed by atoms with van der Waals surface area (Å²) in [4.78, 5) is 27.0. The van der Waals surface area contributed by atoms with E-state index in [4.69, 9.17) is 4.74 Å². The van der Waals surface area contributed by atoms with Crippen LogP contribution in [0.3, 0.4) is 0 Å². The van der Waals surface area contributed by atoms with Gasteiger partial charge in [-0.1, -0.05) is 24.3 Å². The standard InChI is InChI=1S/C31H44N4O3/c1-4-32-31(37)33-26-17-15-24(16-18-26)10-7-14-29(36)34-19-8-11-25(22-34)30-23(2)27-12-5-6-13-28(27)35(30)20-9-21-38-3/h5,12,15-18,25H,4,6-11,13-14,19-22H2,1-3H3,(H2,32,33,37). The summed E-state index contributed by atoms with van der Waals surface area (Å²) in [6, 6.07) is 7.69. The number of nitrogens with one attached hydrogen (secondary N) is 2. The van der Waals surface area contributed by atoms with Gasteiger partial charge in [0.25, 0.3) is 0 Å². The number of nitrogens with zero attached hydrogens (tertiary/aromatic N) is 2. The lowest BCUT2D eigenvalue weighted by molar-refractivity contribution is -0.132. The second kappa shape index (κ2) is 13.7. The maximum Gasteiger partial charge on any atom is 0.319 e. The van der Waals surface area contributed by atoms with Crippen molar-refractivity contribution in [3.8, 4) is 0 Å². The number of carbonyl (C=O) groups is 2. The van der Waals surface area contributed by atoms with Crippen molar-refractivity contribution in [3.63, 3.8) is 0 Å². The smallest absolute Gasteiger partial charge is 0.319 e. The average molecular weight is 521 g/mol. The summed E-state index contributed by atoms with van der Waals surface area (Å²) in [5.41, 5.74) is 7.66. The summed E-state index contributed by atoms with van der Waals surface area (Å²) in [7, 11) is 1.77. The molecular weight excluding hydrogens is 476 g/mol. The van der Waals surface area contributed by atoms with E-state index in [1.807, 2.05) is 31.2 Å². The molecule has 0 saturated carbocycles. The molecule has 1 fully saturated rings. The van der Waals surface area contributed by atoms with Crippen LogP contribution in [0.2, 0.25) is 0 Å². The third kappa shape index (κ3) is 6.87. The quantitative estimate of drug-likeness (QED) is 0.375. The van der Waals surface area contributed by atoms with E-state index < -0.39 is 0 Å². The largest absolute Gasteiger partial charge is 0.385 e. The second-order valence-electron chi connectivity index (χ2n) is 10.5. The average Bonchev–Trinajstić information content (AvgIpc) is 3.21. The van der Waals surface area contributed by atoms with E-state index in [0.29, 0.717) is 18.9 Å². The van der Waals surface area contributed by atoms with Crippen LogP contribution in [0.4, 0.5) is 10.5 Å². The zero-order chi connectivity index (χ0) is 26.9. The van der Waals surface area contributed by atoms with Gasteiger partial charge in [-0.25, -0.2) is 4.79 Å². The second-order valence-corrected chi connectivity index (χ2v) is 10.5. The predicted molar refractivity (Wildman–Crippen MR) is 154 cm³/mol. The van der Waals surface area contributed by atoms with Crippen molar-refractivity contribution in [2.24, 2.45) is 0 Å². The van der Waals surface area contributed by atoms with Crippen LogP contribution < -0.4 is 10.6 Å². The molecule has 3 amide bonds. The minimum atomic E-state index is -0.195. The van der Waals surface area contributed by atoms with Crippen LogP contribution in [0.1, 0.15) is 79.4 Å². The number of hydrogen-bond donors (Lipinski definition) is 2. The van der Waals surface area contributed by atoms with Crippen molar-refractivity contribution in [1.29, 1.82) is 0 Å². The molecule has 1 atom stereocenters. The normalized spacial score (nSPS) is 16.8. The molecule has 2 heterocycles. The van der Waals surface area contributed by atoms with Crippen molar-refractivity contribution in [2.75, 3.05) is 38.7 Å². The highest BCUT2D eigenvalue weighted by atomic mass is 16.5. The van der Waals surface area contributed by atoms with Gasteiger partial charge in [0.1, 0.15) is 0 Å². The maximum absolute atomic E-state index is 13.2. The third-order valence-electron chi connectivity index (χ3n) is 7.84. The predicted octanol–water partition coefficient (Wildman–Crippen LogP) is 5.66. The number of aryl methyl sites for hydroxylation is 1. The topological polar surface area (TPSA) is 75.6 Å². The number of rotatable bonds is 11. The summed E-state index contributed by atoms with van der Waals surface area (Å²) in [6.07, 6.45) is 12.2. The number of methoxy groups -OCH3 is 1. The molecule has 0 spiro atoms. The zero-order valence-corrected chi connectivity index (χ0v) is 23.4. The summed E-state index contributed by atoms with van der Waals surface area (Å²) >= 11 is 0. The van der Waals surface area contributed by atoms with E-state index in [1.165, 1.54) is 28.1 Å². The van der Waals surface area contributed by atoms with E-state index in [9.17, 15) is 9.59 Å². The molecule has 38 heavy (non-hydrogen) atoms. The minimum Gasteiger partial charge on any atom is -0.385 e. The van der Waals surface area contributed by atoms with Crippen LogP contribution in [0.15, 0.2) is 30.3 Å².